The van der Waals surface area contributed by atoms with Crippen LogP contribution in [-0.2, 0) is 11.8 Å². The van der Waals surface area contributed by atoms with E-state index < -0.39 is 6.10 Å². The van der Waals surface area contributed by atoms with Crippen molar-refractivity contribution in [3.8, 4) is 0 Å². The lowest BCUT2D eigenvalue weighted by Crippen LogP contribution is -2.51. The number of amides is 2. The summed E-state index contributed by atoms with van der Waals surface area (Å²) in [5.41, 5.74) is 1.62. The number of aryl methyl sites for hydroxylation is 1. The first-order valence-corrected chi connectivity index (χ1v) is 10.4. The normalized spacial score (nSPS) is 27.6. The summed E-state index contributed by atoms with van der Waals surface area (Å²) < 4.78 is 1.90. The number of nitrogens with one attached hydrogen (secondary N) is 2. The monoisotopic (exact) mass is 383 g/mol. The van der Waals surface area contributed by atoms with Crippen LogP contribution in [0.15, 0.2) is 30.3 Å². The van der Waals surface area contributed by atoms with Crippen molar-refractivity contribution in [2.24, 2.45) is 13.0 Å². The number of benzene rings is 1. The highest BCUT2D eigenvalue weighted by atomic mass is 16.3. The quantitative estimate of drug-likeness (QED) is 0.759. The third kappa shape index (κ3) is 3.65. The fourth-order valence-electron chi connectivity index (χ4n) is 4.77. The molecular weight excluding hydrogens is 354 g/mol. The van der Waals surface area contributed by atoms with Crippen molar-refractivity contribution in [1.82, 2.24) is 15.2 Å². The summed E-state index contributed by atoms with van der Waals surface area (Å²) in [4.78, 5) is 25.8. The molecule has 1 aromatic heterocycles. The van der Waals surface area contributed by atoms with Crippen molar-refractivity contribution in [1.29, 1.82) is 0 Å². The van der Waals surface area contributed by atoms with Gasteiger partial charge < -0.3 is 20.3 Å². The molecule has 4 rings (SSSR count). The average molecular weight is 383 g/mol. The van der Waals surface area contributed by atoms with E-state index in [1.165, 1.54) is 0 Å². The number of rotatable bonds is 4. The summed E-state index contributed by atoms with van der Waals surface area (Å²) in [6, 6.07) is 9.50. The molecule has 2 saturated carbocycles. The number of aromatic nitrogens is 1. The first-order valence-electron chi connectivity index (χ1n) is 10.4. The van der Waals surface area contributed by atoms with Crippen LogP contribution in [0.5, 0.6) is 0 Å². The number of carbonyl (C=O) groups is 2. The summed E-state index contributed by atoms with van der Waals surface area (Å²) >= 11 is 0. The molecule has 0 spiro atoms. The van der Waals surface area contributed by atoms with E-state index in [2.05, 4.69) is 10.6 Å². The molecule has 4 atom stereocenters. The van der Waals surface area contributed by atoms with Crippen LogP contribution in [0.2, 0.25) is 0 Å². The second kappa shape index (κ2) is 7.95. The molecule has 0 bridgehead atoms. The van der Waals surface area contributed by atoms with E-state index in [0.29, 0.717) is 5.69 Å². The topological polar surface area (TPSA) is 83.4 Å². The summed E-state index contributed by atoms with van der Waals surface area (Å²) in [5.74, 6) is -0.405. The molecule has 2 aromatic rings. The second-order valence-corrected chi connectivity index (χ2v) is 8.23. The zero-order chi connectivity index (χ0) is 19.7. The Kier molecular flexibility index (Phi) is 5.40. The first kappa shape index (κ1) is 19.0. The molecule has 2 fully saturated rings. The van der Waals surface area contributed by atoms with Crippen molar-refractivity contribution in [3.63, 3.8) is 0 Å². The molecule has 0 radical (unpaired) electrons. The number of nitrogens with zero attached hydrogens (tertiary/aromatic N) is 1. The first-order chi connectivity index (χ1) is 13.5. The summed E-state index contributed by atoms with van der Waals surface area (Å²) in [7, 11) is 1.89. The van der Waals surface area contributed by atoms with Crippen molar-refractivity contribution < 1.29 is 14.7 Å². The standard InChI is InChI=1S/C22H29N3O3/c1-25-18-11-5-2-7-14(18)13-19(25)22(28)23-16-9-4-3-8-15(16)21(27)24-17-10-6-12-20(17)26/h2,5,7,11,13,15-17,20,26H,3-4,6,8-10,12H2,1H3,(H,23,28)(H,24,27)/t15-,16+,17?,20?/m1/s1. The molecule has 2 aliphatic carbocycles. The zero-order valence-electron chi connectivity index (χ0n) is 16.4. The third-order valence-corrected chi connectivity index (χ3v) is 6.41. The maximum atomic E-state index is 13.0. The van der Waals surface area contributed by atoms with Crippen molar-refractivity contribution >= 4 is 22.7 Å². The van der Waals surface area contributed by atoms with Gasteiger partial charge in [-0.25, -0.2) is 0 Å². The molecule has 28 heavy (non-hydrogen) atoms. The Morgan fingerprint density at radius 2 is 1.75 bits per heavy atom. The van der Waals surface area contributed by atoms with E-state index in [1.807, 2.05) is 41.9 Å². The minimum absolute atomic E-state index is 0.0343. The Morgan fingerprint density at radius 3 is 2.50 bits per heavy atom. The van der Waals surface area contributed by atoms with Crippen molar-refractivity contribution in [2.45, 2.75) is 63.1 Å². The van der Waals surface area contributed by atoms with Gasteiger partial charge in [-0.15, -0.1) is 0 Å². The van der Waals surface area contributed by atoms with Crippen molar-refractivity contribution in [3.05, 3.63) is 36.0 Å². The lowest BCUT2D eigenvalue weighted by molar-refractivity contribution is -0.128. The van der Waals surface area contributed by atoms with E-state index in [4.69, 9.17) is 0 Å². The van der Waals surface area contributed by atoms with Crippen LogP contribution in [0, 0.1) is 5.92 Å². The Morgan fingerprint density at radius 1 is 1.00 bits per heavy atom. The zero-order valence-corrected chi connectivity index (χ0v) is 16.4. The highest BCUT2D eigenvalue weighted by molar-refractivity contribution is 5.99. The van der Waals surface area contributed by atoms with Crippen LogP contribution < -0.4 is 10.6 Å². The maximum Gasteiger partial charge on any atom is 0.268 e. The third-order valence-electron chi connectivity index (χ3n) is 6.41. The molecule has 6 heteroatoms. The number of hydrogen-bond acceptors (Lipinski definition) is 3. The molecule has 2 amide bonds. The van der Waals surface area contributed by atoms with Gasteiger partial charge in [0.25, 0.3) is 5.91 Å². The van der Waals surface area contributed by atoms with Gasteiger partial charge in [-0.05, 0) is 44.2 Å². The Hall–Kier alpha value is -2.34. The number of fused-ring (bicyclic) bond motifs is 1. The van der Waals surface area contributed by atoms with Crippen LogP contribution in [-0.4, -0.2) is 39.7 Å². The average Bonchev–Trinajstić information content (AvgIpc) is 3.25. The van der Waals surface area contributed by atoms with E-state index in [0.717, 1.165) is 55.8 Å². The van der Waals surface area contributed by atoms with E-state index in [-0.39, 0.29) is 29.8 Å². The Bertz CT molecular complexity index is 875. The van der Waals surface area contributed by atoms with Crippen LogP contribution in [0.1, 0.15) is 55.4 Å². The van der Waals surface area contributed by atoms with E-state index >= 15 is 0 Å². The molecule has 150 valence electrons. The van der Waals surface area contributed by atoms with Gasteiger partial charge in [-0.1, -0.05) is 31.0 Å². The molecule has 0 saturated heterocycles. The fraction of sp³-hybridized carbons (Fsp3) is 0.545. The van der Waals surface area contributed by atoms with E-state index in [1.54, 1.807) is 0 Å². The van der Waals surface area contributed by atoms with Gasteiger partial charge >= 0.3 is 0 Å². The van der Waals surface area contributed by atoms with Crippen LogP contribution in [0.4, 0.5) is 0 Å². The van der Waals surface area contributed by atoms with Crippen LogP contribution >= 0.6 is 0 Å². The molecule has 1 heterocycles. The van der Waals surface area contributed by atoms with Gasteiger partial charge in [0, 0.05) is 24.0 Å². The number of aliphatic hydroxyl groups excluding tert-OH is 1. The van der Waals surface area contributed by atoms with E-state index in [9.17, 15) is 14.7 Å². The largest absolute Gasteiger partial charge is 0.391 e. The Labute approximate surface area is 165 Å². The molecule has 3 N–H and O–H groups in total. The lowest BCUT2D eigenvalue weighted by Gasteiger charge is -2.32. The van der Waals surface area contributed by atoms with Gasteiger partial charge in [0.1, 0.15) is 5.69 Å². The number of hydrogen-bond donors (Lipinski definition) is 3. The summed E-state index contributed by atoms with van der Waals surface area (Å²) in [6.07, 6.45) is 5.65. The Balaban J connectivity index is 1.47. The minimum atomic E-state index is -0.448. The van der Waals surface area contributed by atoms with Gasteiger partial charge in [0.15, 0.2) is 0 Å². The summed E-state index contributed by atoms with van der Waals surface area (Å²) in [5, 5.41) is 17.2. The van der Waals surface area contributed by atoms with Crippen LogP contribution in [0.3, 0.4) is 0 Å². The van der Waals surface area contributed by atoms with Crippen molar-refractivity contribution in [2.75, 3.05) is 0 Å². The molecular formula is C22H29N3O3. The molecule has 1 aromatic carbocycles. The lowest BCUT2D eigenvalue weighted by atomic mass is 9.83. The number of carbonyl (C=O) groups excluding carboxylic acids is 2. The number of para-hydroxylation sites is 1. The number of aliphatic hydroxyl groups is 1. The van der Waals surface area contributed by atoms with Gasteiger partial charge in [0.05, 0.1) is 18.1 Å². The predicted molar refractivity (Wildman–Crippen MR) is 108 cm³/mol. The highest BCUT2D eigenvalue weighted by Crippen LogP contribution is 2.27. The predicted octanol–water partition coefficient (Wildman–Crippen LogP) is 2.50. The van der Waals surface area contributed by atoms with Gasteiger partial charge in [-0.3, -0.25) is 9.59 Å². The summed E-state index contributed by atoms with van der Waals surface area (Å²) in [6.45, 7) is 0. The molecule has 2 unspecified atom stereocenters. The maximum absolute atomic E-state index is 13.0. The fourth-order valence-corrected chi connectivity index (χ4v) is 4.77. The highest BCUT2D eigenvalue weighted by Gasteiger charge is 2.35. The smallest absolute Gasteiger partial charge is 0.268 e. The second-order valence-electron chi connectivity index (χ2n) is 8.23. The SMILES string of the molecule is Cn1c(C(=O)N[C@H]2CCCC[C@H]2C(=O)NC2CCCC2O)cc2ccccc21. The minimum Gasteiger partial charge on any atom is -0.391 e. The molecule has 2 aliphatic rings. The van der Waals surface area contributed by atoms with Gasteiger partial charge in [0.2, 0.25) is 5.91 Å². The molecule has 6 nitrogen and oxygen atoms in total. The van der Waals surface area contributed by atoms with Gasteiger partial charge in [-0.2, -0.15) is 0 Å². The van der Waals surface area contributed by atoms with Crippen LogP contribution in [0.25, 0.3) is 10.9 Å². The molecule has 0 aliphatic heterocycles.